The molecule has 2 aromatic heterocycles. The number of hydrogen-bond donors (Lipinski definition) is 2. The van der Waals surface area contributed by atoms with Gasteiger partial charge in [0.25, 0.3) is 11.8 Å². The van der Waals surface area contributed by atoms with E-state index in [1.165, 1.54) is 28.3 Å². The van der Waals surface area contributed by atoms with Gasteiger partial charge in [0.15, 0.2) is 12.4 Å². The fourth-order valence-corrected chi connectivity index (χ4v) is 3.69. The molecule has 0 saturated heterocycles. The number of hydrogen-bond acceptors (Lipinski definition) is 7. The summed E-state index contributed by atoms with van der Waals surface area (Å²) in [5.41, 5.74) is 1.64. The van der Waals surface area contributed by atoms with Crippen LogP contribution in [0, 0.1) is 11.3 Å². The number of rotatable bonds is 7. The minimum atomic E-state index is -0.784. The molecule has 168 valence electrons. The molecular formula is C24H17N5O4S. The molecule has 0 aliphatic heterocycles. The second kappa shape index (κ2) is 10.2. The van der Waals surface area contributed by atoms with Gasteiger partial charge in [-0.05, 0) is 35.7 Å². The second-order valence-electron chi connectivity index (χ2n) is 6.90. The molecule has 0 fully saturated rings. The van der Waals surface area contributed by atoms with Gasteiger partial charge in [0.05, 0.1) is 28.7 Å². The van der Waals surface area contributed by atoms with Crippen LogP contribution in [0.1, 0.15) is 26.3 Å². The van der Waals surface area contributed by atoms with Gasteiger partial charge in [0.2, 0.25) is 0 Å². The van der Waals surface area contributed by atoms with E-state index in [0.717, 1.165) is 0 Å². The number of ether oxygens (including phenoxy) is 1. The summed E-state index contributed by atoms with van der Waals surface area (Å²) >= 11 is 1.38. The van der Waals surface area contributed by atoms with Gasteiger partial charge in [-0.3, -0.25) is 9.59 Å². The summed E-state index contributed by atoms with van der Waals surface area (Å²) in [6.45, 7) is -0.601. The average molecular weight is 471 g/mol. The highest BCUT2D eigenvalue weighted by Gasteiger charge is 2.19. The fourth-order valence-electron chi connectivity index (χ4n) is 3.05. The van der Waals surface area contributed by atoms with Crippen LogP contribution in [0.25, 0.3) is 5.69 Å². The molecule has 34 heavy (non-hydrogen) atoms. The van der Waals surface area contributed by atoms with Crippen LogP contribution in [0.5, 0.6) is 0 Å². The molecule has 0 aliphatic carbocycles. The Hall–Kier alpha value is -4.75. The molecule has 0 atom stereocenters. The Labute approximate surface area is 198 Å². The number of nitrogens with zero attached hydrogens (tertiary/aromatic N) is 3. The third-order valence-corrected chi connectivity index (χ3v) is 5.34. The van der Waals surface area contributed by atoms with Gasteiger partial charge >= 0.3 is 5.97 Å². The van der Waals surface area contributed by atoms with Crippen molar-refractivity contribution in [3.8, 4) is 11.8 Å². The van der Waals surface area contributed by atoms with Crippen LogP contribution >= 0.6 is 11.3 Å². The van der Waals surface area contributed by atoms with E-state index in [1.807, 2.05) is 12.1 Å². The maximum Gasteiger partial charge on any atom is 0.340 e. The van der Waals surface area contributed by atoms with Crippen LogP contribution in [-0.2, 0) is 9.53 Å². The van der Waals surface area contributed by atoms with Crippen LogP contribution < -0.4 is 10.6 Å². The zero-order valence-corrected chi connectivity index (χ0v) is 18.4. The molecule has 0 aliphatic rings. The van der Waals surface area contributed by atoms with Crippen molar-refractivity contribution in [1.82, 2.24) is 9.78 Å². The molecule has 0 radical (unpaired) electrons. The van der Waals surface area contributed by atoms with E-state index in [0.29, 0.717) is 11.3 Å². The van der Waals surface area contributed by atoms with Crippen molar-refractivity contribution in [2.75, 3.05) is 17.2 Å². The Morgan fingerprint density at radius 1 is 1.03 bits per heavy atom. The van der Waals surface area contributed by atoms with Crippen LogP contribution in [0.3, 0.4) is 0 Å². The summed E-state index contributed by atoms with van der Waals surface area (Å²) in [5, 5.41) is 22.2. The molecule has 2 aromatic carbocycles. The molecule has 2 N–H and O–H groups in total. The molecule has 4 aromatic rings. The van der Waals surface area contributed by atoms with Gasteiger partial charge in [-0.25, -0.2) is 9.48 Å². The predicted molar refractivity (Wildman–Crippen MR) is 126 cm³/mol. The highest BCUT2D eigenvalue weighted by Crippen LogP contribution is 2.20. The monoisotopic (exact) mass is 471 g/mol. The van der Waals surface area contributed by atoms with Gasteiger partial charge in [-0.15, -0.1) is 0 Å². The van der Waals surface area contributed by atoms with E-state index in [-0.39, 0.29) is 28.5 Å². The number of benzene rings is 2. The van der Waals surface area contributed by atoms with Crippen molar-refractivity contribution < 1.29 is 19.1 Å². The first-order valence-corrected chi connectivity index (χ1v) is 10.9. The van der Waals surface area contributed by atoms with E-state index < -0.39 is 18.5 Å². The van der Waals surface area contributed by atoms with Gasteiger partial charge in [-0.1, -0.05) is 30.3 Å². The Morgan fingerprint density at radius 2 is 1.79 bits per heavy atom. The zero-order valence-electron chi connectivity index (χ0n) is 17.6. The van der Waals surface area contributed by atoms with E-state index in [1.54, 1.807) is 59.3 Å². The maximum atomic E-state index is 12.6. The highest BCUT2D eigenvalue weighted by atomic mass is 32.1. The molecule has 0 unspecified atom stereocenters. The molecule has 4 rings (SSSR count). The topological polar surface area (TPSA) is 126 Å². The van der Waals surface area contributed by atoms with Gasteiger partial charge in [-0.2, -0.15) is 21.7 Å². The molecule has 9 nitrogen and oxygen atoms in total. The van der Waals surface area contributed by atoms with E-state index >= 15 is 0 Å². The molecular weight excluding hydrogens is 454 g/mol. The summed E-state index contributed by atoms with van der Waals surface area (Å²) in [6, 6.07) is 18.9. The van der Waals surface area contributed by atoms with Crippen LogP contribution in [0.15, 0.2) is 77.6 Å². The number of carbonyl (C=O) groups is 3. The lowest BCUT2D eigenvalue weighted by molar-refractivity contribution is -0.119. The summed E-state index contributed by atoms with van der Waals surface area (Å²) in [6.07, 6.45) is 1.33. The summed E-state index contributed by atoms with van der Waals surface area (Å²) < 4.78 is 6.57. The van der Waals surface area contributed by atoms with Gasteiger partial charge < -0.3 is 15.4 Å². The number of para-hydroxylation sites is 2. The van der Waals surface area contributed by atoms with E-state index in [9.17, 15) is 19.6 Å². The SMILES string of the molecule is N#Cc1cnn(-c2ccccc2)c1NC(=O)COC(=O)c1ccccc1NC(=O)c1ccsc1. The van der Waals surface area contributed by atoms with Crippen LogP contribution in [0.2, 0.25) is 0 Å². The number of esters is 1. The molecule has 0 spiro atoms. The molecule has 2 heterocycles. The average Bonchev–Trinajstić information content (AvgIpc) is 3.54. The highest BCUT2D eigenvalue weighted by molar-refractivity contribution is 7.08. The lowest BCUT2D eigenvalue weighted by Crippen LogP contribution is -2.23. The fraction of sp³-hybridized carbons (Fsp3) is 0.0417. The Bertz CT molecular complexity index is 1370. The largest absolute Gasteiger partial charge is 0.452 e. The Morgan fingerprint density at radius 3 is 2.53 bits per heavy atom. The molecule has 10 heteroatoms. The van der Waals surface area contributed by atoms with Crippen LogP contribution in [-0.4, -0.2) is 34.2 Å². The zero-order chi connectivity index (χ0) is 23.9. The summed E-state index contributed by atoms with van der Waals surface area (Å²) in [4.78, 5) is 37.5. The molecule has 2 amide bonds. The lowest BCUT2D eigenvalue weighted by Gasteiger charge is -2.12. The van der Waals surface area contributed by atoms with Crippen molar-refractivity contribution in [3.63, 3.8) is 0 Å². The Balaban J connectivity index is 1.43. The maximum absolute atomic E-state index is 12.6. The van der Waals surface area contributed by atoms with Crippen molar-refractivity contribution in [2.45, 2.75) is 0 Å². The molecule has 0 saturated carbocycles. The first-order valence-electron chi connectivity index (χ1n) is 10.00. The van der Waals surface area contributed by atoms with E-state index in [2.05, 4.69) is 15.7 Å². The molecule has 0 bridgehead atoms. The predicted octanol–water partition coefficient (Wildman–Crippen LogP) is 3.85. The summed E-state index contributed by atoms with van der Waals surface area (Å²) in [7, 11) is 0. The minimum absolute atomic E-state index is 0.103. The summed E-state index contributed by atoms with van der Waals surface area (Å²) in [5.74, 6) is -1.63. The first kappa shape index (κ1) is 22.4. The number of nitrogens with one attached hydrogen (secondary N) is 2. The first-order chi connectivity index (χ1) is 16.6. The number of aromatic nitrogens is 2. The number of nitriles is 1. The number of anilines is 2. The van der Waals surface area contributed by atoms with Gasteiger partial charge in [0, 0.05) is 5.38 Å². The van der Waals surface area contributed by atoms with Crippen molar-refractivity contribution >= 4 is 40.6 Å². The number of amides is 2. The smallest absolute Gasteiger partial charge is 0.340 e. The van der Waals surface area contributed by atoms with E-state index in [4.69, 9.17) is 4.74 Å². The number of thiophene rings is 1. The Kier molecular flexibility index (Phi) is 6.76. The second-order valence-corrected chi connectivity index (χ2v) is 7.68. The number of carbonyl (C=O) groups excluding carboxylic acids is 3. The van der Waals surface area contributed by atoms with Crippen LogP contribution in [0.4, 0.5) is 11.5 Å². The van der Waals surface area contributed by atoms with Gasteiger partial charge in [0.1, 0.15) is 11.6 Å². The van der Waals surface area contributed by atoms with Crippen molar-refractivity contribution in [1.29, 1.82) is 5.26 Å². The normalized spacial score (nSPS) is 10.2. The standard InChI is InChI=1S/C24H17N5O4S/c25-12-17-13-26-29(18-6-2-1-3-7-18)22(17)28-21(30)14-33-24(32)19-8-4-5-9-20(19)27-23(31)16-10-11-34-15-16/h1-11,13,15H,14H2,(H,27,31)(H,28,30). The van der Waals surface area contributed by atoms with Crippen molar-refractivity contribution in [3.05, 3.63) is 94.3 Å². The van der Waals surface area contributed by atoms with Crippen molar-refractivity contribution in [2.24, 2.45) is 0 Å². The third-order valence-electron chi connectivity index (χ3n) is 4.66. The quantitative estimate of drug-likeness (QED) is 0.394. The minimum Gasteiger partial charge on any atom is -0.452 e. The lowest BCUT2D eigenvalue weighted by atomic mass is 10.1. The third kappa shape index (κ3) is 5.01.